The van der Waals surface area contributed by atoms with Crippen LogP contribution in [0.4, 0.5) is 0 Å². The van der Waals surface area contributed by atoms with Crippen molar-refractivity contribution in [3.05, 3.63) is 29.8 Å². The van der Waals surface area contributed by atoms with Crippen molar-refractivity contribution in [1.82, 2.24) is 10.2 Å². The molecular formula is C16H28N2O. The van der Waals surface area contributed by atoms with Gasteiger partial charge in [0.25, 0.3) is 0 Å². The first-order chi connectivity index (χ1) is 9.17. The van der Waals surface area contributed by atoms with E-state index in [0.717, 1.165) is 18.7 Å². The molecule has 108 valence electrons. The number of nitrogens with zero attached hydrogens (tertiary/aromatic N) is 1. The number of benzene rings is 1. The van der Waals surface area contributed by atoms with Crippen LogP contribution >= 0.6 is 0 Å². The van der Waals surface area contributed by atoms with Crippen LogP contribution in [0.15, 0.2) is 24.3 Å². The van der Waals surface area contributed by atoms with E-state index in [1.807, 2.05) is 12.1 Å². The van der Waals surface area contributed by atoms with Gasteiger partial charge in [-0.25, -0.2) is 0 Å². The Kier molecular flexibility index (Phi) is 7.53. The molecular weight excluding hydrogens is 236 g/mol. The van der Waals surface area contributed by atoms with Gasteiger partial charge >= 0.3 is 0 Å². The van der Waals surface area contributed by atoms with Gasteiger partial charge in [-0.2, -0.15) is 0 Å². The summed E-state index contributed by atoms with van der Waals surface area (Å²) in [6, 6.07) is 8.82. The molecule has 0 radical (unpaired) electrons. The first-order valence-corrected chi connectivity index (χ1v) is 7.19. The second-order valence-corrected chi connectivity index (χ2v) is 5.20. The van der Waals surface area contributed by atoms with Gasteiger partial charge in [-0.1, -0.05) is 19.1 Å². The normalized spacial score (nSPS) is 12.7. The summed E-state index contributed by atoms with van der Waals surface area (Å²) in [6.45, 7) is 4.47. The quantitative estimate of drug-likeness (QED) is 0.694. The Labute approximate surface area is 118 Å². The zero-order chi connectivity index (χ0) is 14.1. The smallest absolute Gasteiger partial charge is 0.118 e. The van der Waals surface area contributed by atoms with Crippen molar-refractivity contribution in [2.45, 2.75) is 32.2 Å². The molecule has 3 heteroatoms. The molecule has 0 aliphatic heterocycles. The fraction of sp³-hybridized carbons (Fsp3) is 0.625. The van der Waals surface area contributed by atoms with Gasteiger partial charge in [-0.15, -0.1) is 0 Å². The molecule has 0 heterocycles. The molecule has 0 aliphatic carbocycles. The molecule has 1 rings (SSSR count). The average molecular weight is 264 g/mol. The maximum absolute atomic E-state index is 5.19. The van der Waals surface area contributed by atoms with Crippen molar-refractivity contribution in [2.75, 3.05) is 34.3 Å². The number of ether oxygens (including phenoxy) is 1. The number of nitrogens with one attached hydrogen (secondary N) is 1. The van der Waals surface area contributed by atoms with Crippen LogP contribution in [0.5, 0.6) is 5.75 Å². The fourth-order valence-electron chi connectivity index (χ4n) is 2.16. The molecule has 19 heavy (non-hydrogen) atoms. The Morgan fingerprint density at radius 1 is 1.16 bits per heavy atom. The van der Waals surface area contributed by atoms with Crippen LogP contribution in [0, 0.1) is 0 Å². The van der Waals surface area contributed by atoms with E-state index in [9.17, 15) is 0 Å². The summed E-state index contributed by atoms with van der Waals surface area (Å²) in [6.07, 6.45) is 3.59. The van der Waals surface area contributed by atoms with Crippen LogP contribution in [-0.4, -0.2) is 39.2 Å². The van der Waals surface area contributed by atoms with Gasteiger partial charge in [0.05, 0.1) is 7.11 Å². The summed E-state index contributed by atoms with van der Waals surface area (Å²) in [5, 5.41) is 3.64. The zero-order valence-electron chi connectivity index (χ0n) is 12.8. The fourth-order valence-corrected chi connectivity index (χ4v) is 2.16. The molecule has 1 atom stereocenters. The number of hydrogen-bond acceptors (Lipinski definition) is 3. The molecule has 0 fully saturated rings. The largest absolute Gasteiger partial charge is 0.497 e. The van der Waals surface area contributed by atoms with Gasteiger partial charge in [-0.3, -0.25) is 0 Å². The van der Waals surface area contributed by atoms with Crippen molar-refractivity contribution >= 4 is 0 Å². The average Bonchev–Trinajstić information content (AvgIpc) is 2.43. The van der Waals surface area contributed by atoms with Gasteiger partial charge in [0, 0.05) is 6.04 Å². The Hall–Kier alpha value is -1.06. The number of methoxy groups -OCH3 is 1. The van der Waals surface area contributed by atoms with Gasteiger partial charge < -0.3 is 15.0 Å². The Balaban J connectivity index is 2.35. The van der Waals surface area contributed by atoms with E-state index in [4.69, 9.17) is 4.74 Å². The van der Waals surface area contributed by atoms with Crippen molar-refractivity contribution in [3.63, 3.8) is 0 Å². The lowest BCUT2D eigenvalue weighted by molar-refractivity contribution is 0.387. The summed E-state index contributed by atoms with van der Waals surface area (Å²) < 4.78 is 5.19. The first kappa shape index (κ1) is 16.0. The van der Waals surface area contributed by atoms with Crippen LogP contribution < -0.4 is 10.1 Å². The highest BCUT2D eigenvalue weighted by Crippen LogP contribution is 2.19. The maximum Gasteiger partial charge on any atom is 0.118 e. The standard InChI is InChI=1S/C16H28N2O/c1-5-16(17-12-6-7-13-18(2)3)14-8-10-15(19-4)11-9-14/h8-11,16-17H,5-7,12-13H2,1-4H3. The lowest BCUT2D eigenvalue weighted by atomic mass is 10.0. The third kappa shape index (κ3) is 6.08. The summed E-state index contributed by atoms with van der Waals surface area (Å²) in [5.74, 6) is 0.921. The first-order valence-electron chi connectivity index (χ1n) is 7.19. The minimum Gasteiger partial charge on any atom is -0.497 e. The SMILES string of the molecule is CCC(NCCCCN(C)C)c1ccc(OC)cc1. The van der Waals surface area contributed by atoms with Crippen LogP contribution in [0.2, 0.25) is 0 Å². The van der Waals surface area contributed by atoms with Crippen LogP contribution in [0.1, 0.15) is 37.8 Å². The molecule has 0 aliphatic rings. The van der Waals surface area contributed by atoms with Crippen molar-refractivity contribution in [2.24, 2.45) is 0 Å². The molecule has 3 nitrogen and oxygen atoms in total. The zero-order valence-corrected chi connectivity index (χ0v) is 12.8. The predicted molar refractivity (Wildman–Crippen MR) is 81.8 cm³/mol. The van der Waals surface area contributed by atoms with Crippen molar-refractivity contribution < 1.29 is 4.74 Å². The van der Waals surface area contributed by atoms with Gasteiger partial charge in [-0.05, 0) is 64.1 Å². The lowest BCUT2D eigenvalue weighted by Crippen LogP contribution is -2.23. The second-order valence-electron chi connectivity index (χ2n) is 5.20. The molecule has 0 saturated carbocycles. The highest BCUT2D eigenvalue weighted by molar-refractivity contribution is 5.29. The monoisotopic (exact) mass is 264 g/mol. The van der Waals surface area contributed by atoms with Gasteiger partial charge in [0.1, 0.15) is 5.75 Å². The maximum atomic E-state index is 5.19. The summed E-state index contributed by atoms with van der Waals surface area (Å²) in [5.41, 5.74) is 1.34. The molecule has 1 aromatic carbocycles. The molecule has 0 bridgehead atoms. The van der Waals surface area contributed by atoms with Crippen molar-refractivity contribution in [1.29, 1.82) is 0 Å². The Bertz CT molecular complexity index is 335. The van der Waals surface area contributed by atoms with E-state index in [2.05, 4.69) is 43.4 Å². The highest BCUT2D eigenvalue weighted by atomic mass is 16.5. The topological polar surface area (TPSA) is 24.5 Å². The predicted octanol–water partition coefficient (Wildman–Crippen LogP) is 3.08. The summed E-state index contributed by atoms with van der Waals surface area (Å²) in [4.78, 5) is 2.24. The van der Waals surface area contributed by atoms with Crippen LogP contribution in [0.3, 0.4) is 0 Å². The van der Waals surface area contributed by atoms with E-state index in [1.54, 1.807) is 7.11 Å². The Morgan fingerprint density at radius 3 is 2.37 bits per heavy atom. The minimum absolute atomic E-state index is 0.449. The number of unbranched alkanes of at least 4 members (excludes halogenated alkanes) is 1. The molecule has 1 N–H and O–H groups in total. The second kappa shape index (κ2) is 8.94. The molecule has 0 amide bonds. The van der Waals surface area contributed by atoms with E-state index < -0.39 is 0 Å². The summed E-state index contributed by atoms with van der Waals surface area (Å²) >= 11 is 0. The molecule has 0 spiro atoms. The molecule has 1 unspecified atom stereocenters. The van der Waals surface area contributed by atoms with Gasteiger partial charge in [0.2, 0.25) is 0 Å². The lowest BCUT2D eigenvalue weighted by Gasteiger charge is -2.18. The minimum atomic E-state index is 0.449. The molecule has 0 aromatic heterocycles. The van der Waals surface area contributed by atoms with Gasteiger partial charge in [0.15, 0.2) is 0 Å². The third-order valence-electron chi connectivity index (χ3n) is 3.35. The highest BCUT2D eigenvalue weighted by Gasteiger charge is 2.08. The van der Waals surface area contributed by atoms with E-state index in [1.165, 1.54) is 24.9 Å². The molecule has 0 saturated heterocycles. The number of hydrogen-bond donors (Lipinski definition) is 1. The Morgan fingerprint density at radius 2 is 1.84 bits per heavy atom. The van der Waals surface area contributed by atoms with Crippen LogP contribution in [0.25, 0.3) is 0 Å². The summed E-state index contributed by atoms with van der Waals surface area (Å²) in [7, 11) is 5.95. The van der Waals surface area contributed by atoms with Crippen LogP contribution in [-0.2, 0) is 0 Å². The third-order valence-corrected chi connectivity index (χ3v) is 3.35. The molecule has 1 aromatic rings. The van der Waals surface area contributed by atoms with Crippen molar-refractivity contribution in [3.8, 4) is 5.75 Å². The number of rotatable bonds is 9. The van der Waals surface area contributed by atoms with E-state index in [0.29, 0.717) is 6.04 Å². The van der Waals surface area contributed by atoms with E-state index in [-0.39, 0.29) is 0 Å². The van der Waals surface area contributed by atoms with E-state index >= 15 is 0 Å².